The molecule has 2 rings (SSSR count). The van der Waals surface area contributed by atoms with E-state index in [-0.39, 0.29) is 20.6 Å². The van der Waals surface area contributed by atoms with Crippen LogP contribution < -0.4 is 5.73 Å². The highest BCUT2D eigenvalue weighted by molar-refractivity contribution is 9.10. The standard InChI is InChI=1S/C13H19BrFN3O2S/c1-13(2)8-18(5-4-17(13)3)21(19,20)11-7-9(16)6-10(14)12(11)15/h6-7H,4-5,8,16H2,1-3H3. The number of piperazine rings is 1. The summed E-state index contributed by atoms with van der Waals surface area (Å²) in [6.45, 7) is 5.14. The number of nitrogen functional groups attached to an aromatic ring is 1. The highest BCUT2D eigenvalue weighted by Gasteiger charge is 2.38. The van der Waals surface area contributed by atoms with Crippen LogP contribution in [0.2, 0.25) is 0 Å². The van der Waals surface area contributed by atoms with Gasteiger partial charge in [0, 0.05) is 30.9 Å². The van der Waals surface area contributed by atoms with Gasteiger partial charge >= 0.3 is 0 Å². The molecule has 0 saturated carbocycles. The summed E-state index contributed by atoms with van der Waals surface area (Å²) in [6.07, 6.45) is 0. The third-order valence-corrected chi connectivity index (χ3v) is 6.34. The highest BCUT2D eigenvalue weighted by Crippen LogP contribution is 2.30. The number of nitrogens with zero attached hydrogens (tertiary/aromatic N) is 2. The molecule has 5 nitrogen and oxygen atoms in total. The van der Waals surface area contributed by atoms with Crippen molar-refractivity contribution in [2.24, 2.45) is 0 Å². The van der Waals surface area contributed by atoms with Crippen LogP contribution in [0.5, 0.6) is 0 Å². The number of hydrogen-bond acceptors (Lipinski definition) is 4. The Hall–Kier alpha value is -0.700. The summed E-state index contributed by atoms with van der Waals surface area (Å²) in [4.78, 5) is 1.71. The first-order valence-corrected chi connectivity index (χ1v) is 8.75. The van der Waals surface area contributed by atoms with Crippen LogP contribution in [-0.4, -0.2) is 49.8 Å². The molecular weight excluding hydrogens is 361 g/mol. The van der Waals surface area contributed by atoms with Gasteiger partial charge in [-0.3, -0.25) is 4.90 Å². The van der Waals surface area contributed by atoms with E-state index >= 15 is 0 Å². The van der Waals surface area contributed by atoms with Crippen LogP contribution in [-0.2, 0) is 10.0 Å². The van der Waals surface area contributed by atoms with E-state index in [0.717, 1.165) is 0 Å². The smallest absolute Gasteiger partial charge is 0.246 e. The molecular formula is C13H19BrFN3O2S. The Bertz CT molecular complexity index is 664. The summed E-state index contributed by atoms with van der Waals surface area (Å²) in [5.41, 5.74) is 5.54. The van der Waals surface area contributed by atoms with E-state index < -0.39 is 15.8 Å². The molecule has 0 spiro atoms. The average molecular weight is 380 g/mol. The molecule has 1 saturated heterocycles. The van der Waals surface area contributed by atoms with Crippen molar-refractivity contribution in [1.29, 1.82) is 0 Å². The third-order valence-electron chi connectivity index (χ3n) is 3.92. The molecule has 0 atom stereocenters. The van der Waals surface area contributed by atoms with Gasteiger partial charge in [-0.2, -0.15) is 4.31 Å². The molecule has 1 aliphatic rings. The summed E-state index contributed by atoms with van der Waals surface area (Å²) >= 11 is 3.00. The molecule has 118 valence electrons. The van der Waals surface area contributed by atoms with Gasteiger partial charge in [-0.15, -0.1) is 0 Å². The lowest BCUT2D eigenvalue weighted by atomic mass is 10.0. The van der Waals surface area contributed by atoms with Gasteiger partial charge in [-0.05, 0) is 49.0 Å². The number of nitrogens with two attached hydrogens (primary N) is 1. The lowest BCUT2D eigenvalue weighted by Gasteiger charge is -2.44. The van der Waals surface area contributed by atoms with Gasteiger partial charge in [-0.1, -0.05) is 0 Å². The van der Waals surface area contributed by atoms with Crippen LogP contribution in [0.3, 0.4) is 0 Å². The summed E-state index contributed by atoms with van der Waals surface area (Å²) in [7, 11) is -1.96. The molecule has 0 aromatic heterocycles. The van der Waals surface area contributed by atoms with Crippen LogP contribution in [0.15, 0.2) is 21.5 Å². The van der Waals surface area contributed by atoms with E-state index in [1.807, 2.05) is 20.9 Å². The fraction of sp³-hybridized carbons (Fsp3) is 0.538. The molecule has 1 aromatic rings. The minimum Gasteiger partial charge on any atom is -0.399 e. The molecule has 21 heavy (non-hydrogen) atoms. The molecule has 8 heteroatoms. The first-order valence-electron chi connectivity index (χ1n) is 6.51. The van der Waals surface area contributed by atoms with Crippen LogP contribution >= 0.6 is 15.9 Å². The number of rotatable bonds is 2. The Morgan fingerprint density at radius 3 is 2.52 bits per heavy atom. The number of sulfonamides is 1. The zero-order chi connectivity index (χ0) is 16.0. The van der Waals surface area contributed by atoms with Gasteiger partial charge in [-0.25, -0.2) is 12.8 Å². The maximum absolute atomic E-state index is 14.2. The molecule has 1 fully saturated rings. The Morgan fingerprint density at radius 2 is 1.95 bits per heavy atom. The van der Waals surface area contributed by atoms with E-state index in [4.69, 9.17) is 5.73 Å². The van der Waals surface area contributed by atoms with Crippen molar-refractivity contribution in [3.8, 4) is 0 Å². The number of halogens is 2. The van der Waals surface area contributed by atoms with Gasteiger partial charge in [0.1, 0.15) is 4.90 Å². The average Bonchev–Trinajstić information content (AvgIpc) is 2.36. The number of anilines is 1. The Kier molecular flexibility index (Phi) is 4.36. The van der Waals surface area contributed by atoms with Crippen molar-refractivity contribution in [2.75, 3.05) is 32.4 Å². The second kappa shape index (κ2) is 5.49. The second-order valence-corrected chi connectivity index (χ2v) is 8.65. The molecule has 0 bridgehead atoms. The zero-order valence-electron chi connectivity index (χ0n) is 12.2. The van der Waals surface area contributed by atoms with Gasteiger partial charge in [0.15, 0.2) is 5.82 Å². The van der Waals surface area contributed by atoms with Crippen LogP contribution in [0.4, 0.5) is 10.1 Å². The van der Waals surface area contributed by atoms with Crippen molar-refractivity contribution in [3.05, 3.63) is 22.4 Å². The minimum atomic E-state index is -3.91. The summed E-state index contributed by atoms with van der Waals surface area (Å²) in [5.74, 6) is -0.805. The van der Waals surface area contributed by atoms with Crippen LogP contribution in [0, 0.1) is 5.82 Å². The topological polar surface area (TPSA) is 66.6 Å². The zero-order valence-corrected chi connectivity index (χ0v) is 14.6. The van der Waals surface area contributed by atoms with Crippen molar-refractivity contribution >= 4 is 31.6 Å². The summed E-state index contributed by atoms with van der Waals surface area (Å²) in [5, 5.41) is 0. The van der Waals surface area contributed by atoms with Crippen molar-refractivity contribution < 1.29 is 12.8 Å². The van der Waals surface area contributed by atoms with E-state index in [1.54, 1.807) is 0 Å². The van der Waals surface area contributed by atoms with E-state index in [9.17, 15) is 12.8 Å². The maximum atomic E-state index is 14.2. The maximum Gasteiger partial charge on any atom is 0.246 e. The third kappa shape index (κ3) is 3.08. The predicted molar refractivity (Wildman–Crippen MR) is 84.0 cm³/mol. The van der Waals surface area contributed by atoms with Crippen molar-refractivity contribution in [1.82, 2.24) is 9.21 Å². The van der Waals surface area contributed by atoms with Gasteiger partial charge in [0.25, 0.3) is 0 Å². The lowest BCUT2D eigenvalue weighted by Crippen LogP contribution is -2.58. The Labute approximate surface area is 133 Å². The molecule has 0 unspecified atom stereocenters. The highest BCUT2D eigenvalue weighted by atomic mass is 79.9. The fourth-order valence-corrected chi connectivity index (χ4v) is 4.63. The van der Waals surface area contributed by atoms with Crippen LogP contribution in [0.1, 0.15) is 13.8 Å². The lowest BCUT2D eigenvalue weighted by molar-refractivity contribution is 0.0800. The Balaban J connectivity index is 2.44. The largest absolute Gasteiger partial charge is 0.399 e. The SMILES string of the molecule is CN1CCN(S(=O)(=O)c2cc(N)cc(Br)c2F)CC1(C)C. The van der Waals surface area contributed by atoms with Gasteiger partial charge < -0.3 is 5.73 Å². The van der Waals surface area contributed by atoms with Crippen molar-refractivity contribution in [2.45, 2.75) is 24.3 Å². The molecule has 0 radical (unpaired) electrons. The van der Waals surface area contributed by atoms with Crippen LogP contribution in [0.25, 0.3) is 0 Å². The molecule has 1 aliphatic heterocycles. The summed E-state index contributed by atoms with van der Waals surface area (Å²) < 4.78 is 40.9. The molecule has 0 aliphatic carbocycles. The predicted octanol–water partition coefficient (Wildman–Crippen LogP) is 1.89. The molecule has 0 amide bonds. The number of benzene rings is 1. The van der Waals surface area contributed by atoms with E-state index in [1.165, 1.54) is 16.4 Å². The van der Waals surface area contributed by atoms with E-state index in [0.29, 0.717) is 19.6 Å². The monoisotopic (exact) mass is 379 g/mol. The number of hydrogen-bond donors (Lipinski definition) is 1. The summed E-state index contributed by atoms with van der Waals surface area (Å²) in [6, 6.07) is 2.52. The molecule has 2 N–H and O–H groups in total. The molecule has 1 heterocycles. The van der Waals surface area contributed by atoms with E-state index in [2.05, 4.69) is 20.8 Å². The first kappa shape index (κ1) is 16.7. The quantitative estimate of drug-likeness (QED) is 0.796. The number of likely N-dealkylation sites (N-methyl/N-ethyl adjacent to an activating group) is 1. The second-order valence-electron chi connectivity index (χ2n) is 5.89. The minimum absolute atomic E-state index is 0.0504. The first-order chi connectivity index (χ1) is 9.55. The van der Waals surface area contributed by atoms with Gasteiger partial charge in [0.05, 0.1) is 4.47 Å². The normalized spacial score (nSPS) is 20.6. The Morgan fingerprint density at radius 1 is 1.33 bits per heavy atom. The fourth-order valence-electron chi connectivity index (χ4n) is 2.31. The molecule has 1 aromatic carbocycles. The van der Waals surface area contributed by atoms with Crippen molar-refractivity contribution in [3.63, 3.8) is 0 Å². The van der Waals surface area contributed by atoms with Gasteiger partial charge in [0.2, 0.25) is 10.0 Å².